The second-order valence-corrected chi connectivity index (χ2v) is 4.98. The summed E-state index contributed by atoms with van der Waals surface area (Å²) in [6, 6.07) is 1.89. The Hall–Kier alpha value is -1.86. The number of hydrogen-bond donors (Lipinski definition) is 2. The molecule has 0 saturated heterocycles. The number of nitrogens with one attached hydrogen (secondary N) is 1. The van der Waals surface area contributed by atoms with Gasteiger partial charge in [0.15, 0.2) is 0 Å². The van der Waals surface area contributed by atoms with Crippen LogP contribution in [0.15, 0.2) is 18.5 Å². The van der Waals surface area contributed by atoms with Gasteiger partial charge in [-0.1, -0.05) is 24.7 Å². The van der Waals surface area contributed by atoms with Gasteiger partial charge in [-0.15, -0.1) is 0 Å². The second-order valence-electron chi connectivity index (χ2n) is 4.98. The van der Waals surface area contributed by atoms with E-state index in [0.717, 1.165) is 12.3 Å². The molecule has 2 rings (SSSR count). The van der Waals surface area contributed by atoms with Crippen molar-refractivity contribution in [2.75, 3.05) is 6.54 Å². The van der Waals surface area contributed by atoms with E-state index in [9.17, 15) is 4.79 Å². The Balaban J connectivity index is 2.04. The number of aromatic nitrogens is 1. The highest BCUT2D eigenvalue weighted by Gasteiger charge is 2.24. The van der Waals surface area contributed by atoms with Crippen molar-refractivity contribution in [2.24, 2.45) is 11.7 Å². The van der Waals surface area contributed by atoms with E-state index in [4.69, 9.17) is 5.73 Å². The van der Waals surface area contributed by atoms with E-state index in [0.29, 0.717) is 11.1 Å². The highest BCUT2D eigenvalue weighted by Crippen LogP contribution is 2.33. The fraction of sp³-hybridized carbons (Fsp3) is 0.467. The van der Waals surface area contributed by atoms with Gasteiger partial charge in [0.2, 0.25) is 0 Å². The van der Waals surface area contributed by atoms with Crippen LogP contribution in [0.4, 0.5) is 0 Å². The number of amides is 1. The summed E-state index contributed by atoms with van der Waals surface area (Å²) in [5.41, 5.74) is 6.55. The largest absolute Gasteiger partial charge is 0.350 e. The summed E-state index contributed by atoms with van der Waals surface area (Å²) in [6.45, 7) is 2.32. The first kappa shape index (κ1) is 13.6. The Morgan fingerprint density at radius 2 is 2.42 bits per heavy atom. The van der Waals surface area contributed by atoms with E-state index < -0.39 is 0 Å². The first-order valence-corrected chi connectivity index (χ1v) is 6.64. The van der Waals surface area contributed by atoms with Crippen LogP contribution in [0.1, 0.15) is 42.1 Å². The highest BCUT2D eigenvalue weighted by atomic mass is 16.1. The maximum absolute atomic E-state index is 12.2. The first-order chi connectivity index (χ1) is 9.20. The number of carbonyl (C=O) groups is 1. The number of nitrogens with zero attached hydrogens (tertiary/aromatic N) is 1. The Kier molecular flexibility index (Phi) is 4.53. The summed E-state index contributed by atoms with van der Waals surface area (Å²) in [4.78, 5) is 16.2. The normalized spacial score (nSPS) is 15.3. The Bertz CT molecular complexity index is 512. The highest BCUT2D eigenvalue weighted by molar-refractivity contribution is 5.96. The number of hydrogen-bond acceptors (Lipinski definition) is 3. The van der Waals surface area contributed by atoms with Crippen LogP contribution in [0, 0.1) is 17.8 Å². The van der Waals surface area contributed by atoms with E-state index in [1.54, 1.807) is 18.5 Å². The van der Waals surface area contributed by atoms with Crippen molar-refractivity contribution < 1.29 is 4.79 Å². The van der Waals surface area contributed by atoms with Crippen molar-refractivity contribution >= 4 is 5.91 Å². The van der Waals surface area contributed by atoms with Crippen molar-refractivity contribution in [2.45, 2.75) is 32.2 Å². The van der Waals surface area contributed by atoms with Gasteiger partial charge in [0.1, 0.15) is 0 Å². The average Bonchev–Trinajstić information content (AvgIpc) is 3.20. The minimum absolute atomic E-state index is 0.0862. The van der Waals surface area contributed by atoms with Gasteiger partial charge in [-0.2, -0.15) is 0 Å². The zero-order chi connectivity index (χ0) is 13.7. The van der Waals surface area contributed by atoms with Crippen LogP contribution < -0.4 is 11.1 Å². The molecule has 0 bridgehead atoms. The molecule has 1 heterocycles. The molecule has 4 nitrogen and oxygen atoms in total. The standard InChI is InChI=1S/C15H19N3O/c1-11(9-12-4-5-12)18-15(19)14-6-8-17-10-13(14)3-2-7-16/h6,8,10-12H,4-5,7,9,16H2,1H3,(H,18,19). The molecule has 1 aliphatic carbocycles. The van der Waals surface area contributed by atoms with Crippen molar-refractivity contribution in [3.05, 3.63) is 29.6 Å². The van der Waals surface area contributed by atoms with Gasteiger partial charge in [0.25, 0.3) is 5.91 Å². The Morgan fingerprint density at radius 1 is 1.63 bits per heavy atom. The molecule has 1 aromatic heterocycles. The molecule has 3 N–H and O–H groups in total. The smallest absolute Gasteiger partial charge is 0.252 e. The third-order valence-corrected chi connectivity index (χ3v) is 3.15. The topological polar surface area (TPSA) is 68.0 Å². The molecule has 1 atom stereocenters. The van der Waals surface area contributed by atoms with Gasteiger partial charge in [-0.3, -0.25) is 9.78 Å². The van der Waals surface area contributed by atoms with E-state index in [1.807, 2.05) is 6.92 Å². The first-order valence-electron chi connectivity index (χ1n) is 6.64. The number of carbonyl (C=O) groups excluding carboxylic acids is 1. The van der Waals surface area contributed by atoms with Gasteiger partial charge >= 0.3 is 0 Å². The summed E-state index contributed by atoms with van der Waals surface area (Å²) < 4.78 is 0. The van der Waals surface area contributed by atoms with Crippen LogP contribution in [0.5, 0.6) is 0 Å². The molecule has 0 aliphatic heterocycles. The maximum Gasteiger partial charge on any atom is 0.252 e. The van der Waals surface area contributed by atoms with E-state index in [2.05, 4.69) is 22.1 Å². The SMILES string of the molecule is CC(CC1CC1)NC(=O)c1ccncc1C#CCN. The molecule has 4 heteroatoms. The molecule has 19 heavy (non-hydrogen) atoms. The van der Waals surface area contributed by atoms with Crippen LogP contribution in [0.2, 0.25) is 0 Å². The molecular weight excluding hydrogens is 238 g/mol. The second kappa shape index (κ2) is 6.35. The lowest BCUT2D eigenvalue weighted by atomic mass is 10.1. The molecule has 0 spiro atoms. The maximum atomic E-state index is 12.2. The summed E-state index contributed by atoms with van der Waals surface area (Å²) in [6.07, 6.45) is 6.85. The number of pyridine rings is 1. The van der Waals surface area contributed by atoms with Crippen LogP contribution in [0.3, 0.4) is 0 Å². The van der Waals surface area contributed by atoms with Crippen LogP contribution in [-0.4, -0.2) is 23.5 Å². The van der Waals surface area contributed by atoms with Crippen LogP contribution >= 0.6 is 0 Å². The summed E-state index contributed by atoms with van der Waals surface area (Å²) in [7, 11) is 0. The lowest BCUT2D eigenvalue weighted by Crippen LogP contribution is -2.33. The molecule has 1 unspecified atom stereocenters. The molecule has 1 saturated carbocycles. The summed E-state index contributed by atoms with van der Waals surface area (Å²) >= 11 is 0. The predicted molar refractivity (Wildman–Crippen MR) is 74.4 cm³/mol. The van der Waals surface area contributed by atoms with Gasteiger partial charge in [-0.25, -0.2) is 0 Å². The molecule has 0 aromatic carbocycles. The summed E-state index contributed by atoms with van der Waals surface area (Å²) in [5.74, 6) is 6.34. The van der Waals surface area contributed by atoms with Crippen LogP contribution in [-0.2, 0) is 0 Å². The lowest BCUT2D eigenvalue weighted by molar-refractivity contribution is 0.0937. The predicted octanol–water partition coefficient (Wildman–Crippen LogP) is 1.31. The van der Waals surface area contributed by atoms with Crippen molar-refractivity contribution in [3.63, 3.8) is 0 Å². The average molecular weight is 257 g/mol. The molecule has 1 fully saturated rings. The third-order valence-electron chi connectivity index (χ3n) is 3.15. The molecule has 1 amide bonds. The van der Waals surface area contributed by atoms with Gasteiger partial charge in [0.05, 0.1) is 17.7 Å². The monoisotopic (exact) mass is 257 g/mol. The molecule has 100 valence electrons. The zero-order valence-electron chi connectivity index (χ0n) is 11.1. The Labute approximate surface area is 113 Å². The fourth-order valence-electron chi connectivity index (χ4n) is 2.05. The quantitative estimate of drug-likeness (QED) is 0.799. The van der Waals surface area contributed by atoms with Crippen LogP contribution in [0.25, 0.3) is 0 Å². The van der Waals surface area contributed by atoms with Crippen molar-refractivity contribution in [3.8, 4) is 11.8 Å². The van der Waals surface area contributed by atoms with E-state index in [-0.39, 0.29) is 18.5 Å². The van der Waals surface area contributed by atoms with Crippen molar-refractivity contribution in [1.29, 1.82) is 0 Å². The third kappa shape index (κ3) is 4.08. The van der Waals surface area contributed by atoms with Gasteiger partial charge in [-0.05, 0) is 25.3 Å². The van der Waals surface area contributed by atoms with Gasteiger partial charge in [0, 0.05) is 18.4 Å². The van der Waals surface area contributed by atoms with E-state index >= 15 is 0 Å². The molecule has 1 aliphatic rings. The Morgan fingerprint density at radius 3 is 3.11 bits per heavy atom. The number of rotatable bonds is 4. The molecule has 1 aromatic rings. The van der Waals surface area contributed by atoms with E-state index in [1.165, 1.54) is 12.8 Å². The summed E-state index contributed by atoms with van der Waals surface area (Å²) in [5, 5.41) is 3.02. The fourth-order valence-corrected chi connectivity index (χ4v) is 2.05. The number of nitrogens with two attached hydrogens (primary N) is 1. The minimum atomic E-state index is -0.0862. The minimum Gasteiger partial charge on any atom is -0.350 e. The van der Waals surface area contributed by atoms with Crippen molar-refractivity contribution in [1.82, 2.24) is 10.3 Å². The molecule has 0 radical (unpaired) electrons. The lowest BCUT2D eigenvalue weighted by Gasteiger charge is -2.13. The zero-order valence-corrected chi connectivity index (χ0v) is 11.1. The molecular formula is C15H19N3O. The van der Waals surface area contributed by atoms with Gasteiger partial charge < -0.3 is 11.1 Å².